The smallest absolute Gasteiger partial charge is 0.240 e. The van der Waals surface area contributed by atoms with E-state index in [0.29, 0.717) is 17.4 Å². The molecule has 6 nitrogen and oxygen atoms in total. The second kappa shape index (κ2) is 5.59. The number of hydrogen-bond donors (Lipinski definition) is 2. The van der Waals surface area contributed by atoms with Crippen LogP contribution in [-0.4, -0.2) is 46.5 Å². The van der Waals surface area contributed by atoms with Crippen molar-refractivity contribution in [2.75, 3.05) is 37.8 Å². The van der Waals surface area contributed by atoms with Crippen molar-refractivity contribution in [3.05, 3.63) is 18.2 Å². The van der Waals surface area contributed by atoms with E-state index in [9.17, 15) is 8.42 Å². The summed E-state index contributed by atoms with van der Waals surface area (Å²) in [5.74, 6) is 0. The number of nitrogens with zero attached hydrogens (tertiary/aromatic N) is 2. The van der Waals surface area contributed by atoms with Crippen LogP contribution in [0.5, 0.6) is 0 Å². The van der Waals surface area contributed by atoms with Crippen LogP contribution in [0.15, 0.2) is 23.1 Å². The molecule has 1 saturated heterocycles. The molecule has 0 spiro atoms. The molecule has 1 heterocycles. The van der Waals surface area contributed by atoms with Crippen LogP contribution in [0.4, 0.5) is 11.4 Å². The Balaban J connectivity index is 2.27. The molecule has 0 amide bonds. The third-order valence-electron chi connectivity index (χ3n) is 3.83. The highest BCUT2D eigenvalue weighted by Gasteiger charge is 2.24. The van der Waals surface area contributed by atoms with Crippen molar-refractivity contribution < 1.29 is 8.42 Å². The molecule has 0 radical (unpaired) electrons. The molecule has 112 valence electrons. The first kappa shape index (κ1) is 15.1. The summed E-state index contributed by atoms with van der Waals surface area (Å²) in [4.78, 5) is 4.39. The van der Waals surface area contributed by atoms with Gasteiger partial charge in [0.2, 0.25) is 10.0 Å². The number of rotatable bonds is 3. The van der Waals surface area contributed by atoms with Crippen LogP contribution in [0.2, 0.25) is 0 Å². The molecule has 1 aliphatic rings. The molecule has 2 rings (SSSR count). The molecule has 1 fully saturated rings. The summed E-state index contributed by atoms with van der Waals surface area (Å²) in [7, 11) is 0.370. The van der Waals surface area contributed by atoms with E-state index in [-0.39, 0.29) is 4.90 Å². The van der Waals surface area contributed by atoms with E-state index in [1.807, 2.05) is 0 Å². The first-order valence-corrected chi connectivity index (χ1v) is 8.17. The Morgan fingerprint density at radius 3 is 2.35 bits per heavy atom. The van der Waals surface area contributed by atoms with E-state index in [4.69, 9.17) is 10.9 Å². The maximum atomic E-state index is 11.7. The van der Waals surface area contributed by atoms with Gasteiger partial charge in [-0.25, -0.2) is 13.6 Å². The van der Waals surface area contributed by atoms with Gasteiger partial charge in [0, 0.05) is 24.8 Å². The van der Waals surface area contributed by atoms with Gasteiger partial charge in [-0.2, -0.15) is 0 Å². The lowest BCUT2D eigenvalue weighted by Crippen LogP contribution is -2.42. The third-order valence-corrected chi connectivity index (χ3v) is 4.77. The van der Waals surface area contributed by atoms with Gasteiger partial charge in [0.1, 0.15) is 4.90 Å². The van der Waals surface area contributed by atoms with Crippen LogP contribution in [0, 0.1) is 0 Å². The van der Waals surface area contributed by atoms with Crippen molar-refractivity contribution in [2.45, 2.75) is 23.8 Å². The van der Waals surface area contributed by atoms with Gasteiger partial charge in [-0.3, -0.25) is 0 Å². The minimum Gasteiger partial charge on any atom is -0.399 e. The molecule has 0 atom stereocenters. The Bertz CT molecular complexity index is 578. The molecule has 1 aromatic carbocycles. The van der Waals surface area contributed by atoms with Crippen molar-refractivity contribution in [3.63, 3.8) is 0 Å². The highest BCUT2D eigenvalue weighted by Crippen LogP contribution is 2.29. The molecule has 0 unspecified atom stereocenters. The van der Waals surface area contributed by atoms with Crippen molar-refractivity contribution >= 4 is 21.4 Å². The van der Waals surface area contributed by atoms with Gasteiger partial charge in [-0.15, -0.1) is 0 Å². The molecule has 0 aliphatic carbocycles. The first-order valence-electron chi connectivity index (χ1n) is 6.63. The molecule has 7 heteroatoms. The molecular formula is C13H22N4O2S. The van der Waals surface area contributed by atoms with Crippen LogP contribution < -0.4 is 15.8 Å². The average molecular weight is 298 g/mol. The summed E-state index contributed by atoms with van der Waals surface area (Å²) >= 11 is 0. The summed E-state index contributed by atoms with van der Waals surface area (Å²) in [6.45, 7) is 1.63. The minimum atomic E-state index is -3.77. The zero-order valence-electron chi connectivity index (χ0n) is 11.9. The van der Waals surface area contributed by atoms with Gasteiger partial charge in [-0.1, -0.05) is 0 Å². The van der Waals surface area contributed by atoms with Gasteiger partial charge >= 0.3 is 0 Å². The second-order valence-electron chi connectivity index (χ2n) is 5.45. The van der Waals surface area contributed by atoms with Crippen molar-refractivity contribution in [3.8, 4) is 0 Å². The normalized spacial score (nSPS) is 17.7. The van der Waals surface area contributed by atoms with Crippen LogP contribution in [0.25, 0.3) is 0 Å². The lowest BCUT2D eigenvalue weighted by Gasteiger charge is -2.37. The number of benzene rings is 1. The molecule has 20 heavy (non-hydrogen) atoms. The topological polar surface area (TPSA) is 92.7 Å². The van der Waals surface area contributed by atoms with Gasteiger partial charge < -0.3 is 15.5 Å². The molecule has 0 aromatic heterocycles. The summed E-state index contributed by atoms with van der Waals surface area (Å²) in [6, 6.07) is 5.42. The largest absolute Gasteiger partial charge is 0.399 e. The summed E-state index contributed by atoms with van der Waals surface area (Å²) in [5, 5.41) is 5.29. The van der Waals surface area contributed by atoms with E-state index in [2.05, 4.69) is 23.9 Å². The van der Waals surface area contributed by atoms with Crippen molar-refractivity contribution in [1.29, 1.82) is 0 Å². The standard InChI is InChI=1S/C13H22N4O2S/c1-16(2)11-5-7-17(8-6-11)12-4-3-10(14)9-13(12)20(15,18)19/h3-4,9,11H,5-8,14H2,1-2H3,(H2,15,18,19). The molecule has 0 saturated carbocycles. The number of nitrogen functional groups attached to an aromatic ring is 1. The highest BCUT2D eigenvalue weighted by molar-refractivity contribution is 7.89. The zero-order valence-corrected chi connectivity index (χ0v) is 12.7. The van der Waals surface area contributed by atoms with E-state index in [1.165, 1.54) is 6.07 Å². The maximum absolute atomic E-state index is 11.7. The van der Waals surface area contributed by atoms with Crippen LogP contribution in [0.3, 0.4) is 0 Å². The highest BCUT2D eigenvalue weighted by atomic mass is 32.2. The first-order chi connectivity index (χ1) is 9.29. The predicted octanol–water partition coefficient (Wildman–Crippen LogP) is 0.447. The fraction of sp³-hybridized carbons (Fsp3) is 0.538. The maximum Gasteiger partial charge on any atom is 0.240 e. The number of nitrogens with two attached hydrogens (primary N) is 2. The van der Waals surface area contributed by atoms with Crippen molar-refractivity contribution in [1.82, 2.24) is 4.90 Å². The molecule has 1 aliphatic heterocycles. The number of anilines is 2. The Kier molecular flexibility index (Phi) is 4.22. The SMILES string of the molecule is CN(C)C1CCN(c2ccc(N)cc2S(N)(=O)=O)CC1. The number of hydrogen-bond acceptors (Lipinski definition) is 5. The predicted molar refractivity (Wildman–Crippen MR) is 81.1 cm³/mol. The summed E-state index contributed by atoms with van der Waals surface area (Å²) in [5.41, 5.74) is 6.73. The number of piperidine rings is 1. The van der Waals surface area contributed by atoms with E-state index < -0.39 is 10.0 Å². The third kappa shape index (κ3) is 3.23. The Morgan fingerprint density at radius 2 is 1.85 bits per heavy atom. The quantitative estimate of drug-likeness (QED) is 0.790. The van der Waals surface area contributed by atoms with Gasteiger partial charge in [-0.05, 0) is 45.1 Å². The Morgan fingerprint density at radius 1 is 1.25 bits per heavy atom. The van der Waals surface area contributed by atoms with Gasteiger partial charge in [0.05, 0.1) is 5.69 Å². The lowest BCUT2D eigenvalue weighted by atomic mass is 10.0. The summed E-state index contributed by atoms with van der Waals surface area (Å²) in [6.07, 6.45) is 2.00. The molecule has 4 N–H and O–H groups in total. The van der Waals surface area contributed by atoms with Crippen LogP contribution >= 0.6 is 0 Å². The molecule has 0 bridgehead atoms. The average Bonchev–Trinajstić information content (AvgIpc) is 2.38. The molecule has 1 aromatic rings. The van der Waals surface area contributed by atoms with Crippen molar-refractivity contribution in [2.24, 2.45) is 5.14 Å². The Hall–Kier alpha value is -1.31. The molecular weight excluding hydrogens is 276 g/mol. The number of primary sulfonamides is 1. The van der Waals surface area contributed by atoms with E-state index in [0.717, 1.165) is 25.9 Å². The zero-order chi connectivity index (χ0) is 14.9. The fourth-order valence-electron chi connectivity index (χ4n) is 2.64. The van der Waals surface area contributed by atoms with Crippen LogP contribution in [-0.2, 0) is 10.0 Å². The van der Waals surface area contributed by atoms with E-state index >= 15 is 0 Å². The van der Waals surface area contributed by atoms with Gasteiger partial charge in [0.15, 0.2) is 0 Å². The number of sulfonamides is 1. The second-order valence-corrected chi connectivity index (χ2v) is 6.98. The Labute approximate surface area is 120 Å². The fourth-order valence-corrected chi connectivity index (χ4v) is 3.43. The monoisotopic (exact) mass is 298 g/mol. The lowest BCUT2D eigenvalue weighted by molar-refractivity contribution is 0.249. The summed E-state index contributed by atoms with van der Waals surface area (Å²) < 4.78 is 23.4. The van der Waals surface area contributed by atoms with E-state index in [1.54, 1.807) is 12.1 Å². The van der Waals surface area contributed by atoms with Gasteiger partial charge in [0.25, 0.3) is 0 Å². The van der Waals surface area contributed by atoms with Crippen LogP contribution in [0.1, 0.15) is 12.8 Å². The minimum absolute atomic E-state index is 0.112.